The maximum atomic E-state index is 3.31. The van der Waals surface area contributed by atoms with Crippen LogP contribution in [0.2, 0.25) is 0 Å². The maximum absolute atomic E-state index is 3.31. The molecule has 0 bridgehead atoms. The van der Waals surface area contributed by atoms with Crippen LogP contribution < -0.4 is 5.32 Å². The van der Waals surface area contributed by atoms with Gasteiger partial charge < -0.3 is 5.32 Å². The van der Waals surface area contributed by atoms with Gasteiger partial charge in [0, 0.05) is 0 Å². The minimum Gasteiger partial charge on any atom is -0.305 e. The highest BCUT2D eigenvalue weighted by Crippen LogP contribution is 2.09. The van der Waals surface area contributed by atoms with E-state index in [1.54, 1.807) is 0 Å². The maximum Gasteiger partial charge on any atom is 0.0594 e. The quantitative estimate of drug-likeness (QED) is 0.348. The summed E-state index contributed by atoms with van der Waals surface area (Å²) in [6.45, 7) is 1.23. The minimum atomic E-state index is 0.766. The van der Waals surface area contributed by atoms with Gasteiger partial charge in [-0.2, -0.15) is 0 Å². The lowest BCUT2D eigenvalue weighted by atomic mass is 10.4. The standard InChI is InChI=1S/C4H8IN/c5-4-2-1-3-6-4/h4,6H,1-3H2/t4-/m0/s1. The van der Waals surface area contributed by atoms with Crippen molar-refractivity contribution in [3.63, 3.8) is 0 Å². The normalized spacial score (nSPS) is 34.5. The van der Waals surface area contributed by atoms with E-state index in [0.29, 0.717) is 0 Å². The predicted octanol–water partition coefficient (Wildman–Crippen LogP) is 1.13. The summed E-state index contributed by atoms with van der Waals surface area (Å²) in [7, 11) is 0. The second kappa shape index (κ2) is 2.12. The van der Waals surface area contributed by atoms with Crippen molar-refractivity contribution in [3.05, 3.63) is 0 Å². The Morgan fingerprint density at radius 1 is 1.67 bits per heavy atom. The molecule has 0 aromatic rings. The van der Waals surface area contributed by atoms with Crippen molar-refractivity contribution in [3.8, 4) is 0 Å². The Morgan fingerprint density at radius 3 is 2.67 bits per heavy atom. The summed E-state index contributed by atoms with van der Waals surface area (Å²) in [6.07, 6.45) is 2.73. The van der Waals surface area contributed by atoms with Crippen LogP contribution in [0.4, 0.5) is 0 Å². The summed E-state index contributed by atoms with van der Waals surface area (Å²) in [5.41, 5.74) is 0. The Morgan fingerprint density at radius 2 is 2.50 bits per heavy atom. The zero-order chi connectivity index (χ0) is 4.41. The molecular formula is C4H8IN. The van der Waals surface area contributed by atoms with E-state index < -0.39 is 0 Å². The molecule has 1 nitrogen and oxygen atoms in total. The Balaban J connectivity index is 2.18. The monoisotopic (exact) mass is 197 g/mol. The summed E-state index contributed by atoms with van der Waals surface area (Å²) < 4.78 is 0.766. The van der Waals surface area contributed by atoms with Gasteiger partial charge in [0.05, 0.1) is 4.05 Å². The first kappa shape index (κ1) is 4.84. The summed E-state index contributed by atoms with van der Waals surface area (Å²) in [6, 6.07) is 0. The zero-order valence-corrected chi connectivity index (χ0v) is 5.73. The molecule has 1 atom stereocenters. The van der Waals surface area contributed by atoms with Crippen LogP contribution in [0, 0.1) is 0 Å². The summed E-state index contributed by atoms with van der Waals surface area (Å²) >= 11 is 2.42. The number of hydrogen-bond acceptors (Lipinski definition) is 1. The molecule has 0 aromatic heterocycles. The molecule has 0 aromatic carbocycles. The highest BCUT2D eigenvalue weighted by molar-refractivity contribution is 14.1. The van der Waals surface area contributed by atoms with Gasteiger partial charge >= 0.3 is 0 Å². The average Bonchev–Trinajstić information content (AvgIpc) is 1.86. The van der Waals surface area contributed by atoms with Crippen LogP contribution in [0.25, 0.3) is 0 Å². The molecule has 1 aliphatic rings. The molecule has 0 spiro atoms. The molecule has 1 rings (SSSR count). The van der Waals surface area contributed by atoms with E-state index in [1.165, 1.54) is 19.4 Å². The SMILES string of the molecule is I[C@@H]1CCCN1. The number of nitrogens with one attached hydrogen (secondary N) is 1. The van der Waals surface area contributed by atoms with Crippen molar-refractivity contribution in [2.24, 2.45) is 0 Å². The van der Waals surface area contributed by atoms with Crippen LogP contribution in [0.1, 0.15) is 12.8 Å². The highest BCUT2D eigenvalue weighted by atomic mass is 127. The molecule has 2 heteroatoms. The molecule has 0 saturated carbocycles. The fourth-order valence-electron chi connectivity index (χ4n) is 0.642. The molecule has 0 radical (unpaired) electrons. The fourth-order valence-corrected chi connectivity index (χ4v) is 1.39. The first-order chi connectivity index (χ1) is 2.89. The lowest BCUT2D eigenvalue weighted by Gasteiger charge is -1.92. The first-order valence-electron chi connectivity index (χ1n) is 2.27. The van der Waals surface area contributed by atoms with E-state index in [0.717, 1.165) is 4.05 Å². The van der Waals surface area contributed by atoms with E-state index in [-0.39, 0.29) is 0 Å². The van der Waals surface area contributed by atoms with Crippen LogP contribution in [0.3, 0.4) is 0 Å². The molecule has 6 heavy (non-hydrogen) atoms. The Kier molecular flexibility index (Phi) is 1.71. The lowest BCUT2D eigenvalue weighted by molar-refractivity contribution is 0.833. The summed E-state index contributed by atoms with van der Waals surface area (Å²) in [5, 5.41) is 3.31. The third kappa shape index (κ3) is 1.08. The number of hydrogen-bond donors (Lipinski definition) is 1. The summed E-state index contributed by atoms with van der Waals surface area (Å²) in [5.74, 6) is 0. The van der Waals surface area contributed by atoms with E-state index in [4.69, 9.17) is 0 Å². The lowest BCUT2D eigenvalue weighted by Crippen LogP contribution is -2.12. The fraction of sp³-hybridized carbons (Fsp3) is 1.00. The smallest absolute Gasteiger partial charge is 0.0594 e. The van der Waals surface area contributed by atoms with Crippen LogP contribution in [-0.4, -0.2) is 10.6 Å². The van der Waals surface area contributed by atoms with Crippen molar-refractivity contribution in [1.82, 2.24) is 5.32 Å². The molecule has 0 amide bonds. The van der Waals surface area contributed by atoms with Crippen LogP contribution in [-0.2, 0) is 0 Å². The van der Waals surface area contributed by atoms with Gasteiger partial charge in [0.15, 0.2) is 0 Å². The molecule has 0 aliphatic carbocycles. The third-order valence-electron chi connectivity index (χ3n) is 1.00. The third-order valence-corrected chi connectivity index (χ3v) is 2.06. The molecule has 1 aliphatic heterocycles. The van der Waals surface area contributed by atoms with Crippen molar-refractivity contribution in [1.29, 1.82) is 0 Å². The van der Waals surface area contributed by atoms with Crippen molar-refractivity contribution in [2.75, 3.05) is 6.54 Å². The Hall–Kier alpha value is 0.690. The van der Waals surface area contributed by atoms with Gasteiger partial charge in [-0.05, 0) is 19.4 Å². The molecule has 1 heterocycles. The molecule has 0 unspecified atom stereocenters. The van der Waals surface area contributed by atoms with Gasteiger partial charge in [0.2, 0.25) is 0 Å². The van der Waals surface area contributed by atoms with Gasteiger partial charge in [-0.1, -0.05) is 22.6 Å². The average molecular weight is 197 g/mol. The molecule has 1 fully saturated rings. The molecule has 1 N–H and O–H groups in total. The second-order valence-corrected chi connectivity index (χ2v) is 3.07. The molecule has 36 valence electrons. The number of rotatable bonds is 0. The van der Waals surface area contributed by atoms with Crippen molar-refractivity contribution >= 4 is 22.6 Å². The first-order valence-corrected chi connectivity index (χ1v) is 3.51. The molecule has 1 saturated heterocycles. The van der Waals surface area contributed by atoms with Gasteiger partial charge in [-0.15, -0.1) is 0 Å². The van der Waals surface area contributed by atoms with Gasteiger partial charge in [0.25, 0.3) is 0 Å². The van der Waals surface area contributed by atoms with E-state index in [2.05, 4.69) is 27.9 Å². The zero-order valence-electron chi connectivity index (χ0n) is 3.58. The summed E-state index contributed by atoms with van der Waals surface area (Å²) in [4.78, 5) is 0. The number of alkyl halides is 1. The van der Waals surface area contributed by atoms with E-state index >= 15 is 0 Å². The van der Waals surface area contributed by atoms with Crippen molar-refractivity contribution in [2.45, 2.75) is 16.9 Å². The van der Waals surface area contributed by atoms with Gasteiger partial charge in [0.1, 0.15) is 0 Å². The van der Waals surface area contributed by atoms with E-state index in [9.17, 15) is 0 Å². The Bertz CT molecular complexity index is 40.8. The Labute approximate surface area is 51.6 Å². The minimum absolute atomic E-state index is 0.766. The molecular weight excluding hydrogens is 189 g/mol. The van der Waals surface area contributed by atoms with Crippen LogP contribution in [0.5, 0.6) is 0 Å². The largest absolute Gasteiger partial charge is 0.305 e. The second-order valence-electron chi connectivity index (χ2n) is 1.56. The van der Waals surface area contributed by atoms with Crippen LogP contribution >= 0.6 is 22.6 Å². The van der Waals surface area contributed by atoms with Gasteiger partial charge in [-0.3, -0.25) is 0 Å². The highest BCUT2D eigenvalue weighted by Gasteiger charge is 2.07. The van der Waals surface area contributed by atoms with Crippen LogP contribution in [0.15, 0.2) is 0 Å². The predicted molar refractivity (Wildman–Crippen MR) is 35.0 cm³/mol. The number of halogens is 1. The van der Waals surface area contributed by atoms with Crippen molar-refractivity contribution < 1.29 is 0 Å². The van der Waals surface area contributed by atoms with Gasteiger partial charge in [-0.25, -0.2) is 0 Å². The van der Waals surface area contributed by atoms with E-state index in [1.807, 2.05) is 0 Å². The topological polar surface area (TPSA) is 12.0 Å².